The monoisotopic (exact) mass is 404 g/mol. The summed E-state index contributed by atoms with van der Waals surface area (Å²) in [6.07, 6.45) is 1.72. The van der Waals surface area contributed by atoms with Crippen molar-refractivity contribution in [2.75, 3.05) is 43.1 Å². The molecule has 0 fully saturated rings. The fourth-order valence-corrected chi connectivity index (χ4v) is 2.97. The van der Waals surface area contributed by atoms with Crippen molar-refractivity contribution in [3.8, 4) is 0 Å². The summed E-state index contributed by atoms with van der Waals surface area (Å²) in [5.41, 5.74) is 2.80. The minimum atomic E-state index is -0.0628. The highest BCUT2D eigenvalue weighted by atomic mass is 16.2. The SMILES string of the molecule is C[C@H](CNc1ccnc(Nc2cccc(NC(=O)CN(C)C)c2)n1)c1ccccc1. The van der Waals surface area contributed by atoms with Gasteiger partial charge in [-0.15, -0.1) is 0 Å². The summed E-state index contributed by atoms with van der Waals surface area (Å²) in [5.74, 6) is 1.54. The van der Waals surface area contributed by atoms with Gasteiger partial charge < -0.3 is 20.9 Å². The molecule has 0 radical (unpaired) electrons. The van der Waals surface area contributed by atoms with Crippen LogP contribution in [0.3, 0.4) is 0 Å². The van der Waals surface area contributed by atoms with Crippen molar-refractivity contribution < 1.29 is 4.79 Å². The van der Waals surface area contributed by atoms with Crippen LogP contribution < -0.4 is 16.0 Å². The van der Waals surface area contributed by atoms with Crippen LogP contribution in [0, 0.1) is 0 Å². The summed E-state index contributed by atoms with van der Waals surface area (Å²) in [6.45, 7) is 3.28. The number of likely N-dealkylation sites (N-methyl/N-ethyl adjacent to an activating group) is 1. The second-order valence-corrected chi connectivity index (χ2v) is 7.45. The van der Waals surface area contributed by atoms with Crippen molar-refractivity contribution in [1.29, 1.82) is 0 Å². The molecule has 2 aromatic carbocycles. The number of benzene rings is 2. The fourth-order valence-electron chi connectivity index (χ4n) is 2.97. The molecule has 0 saturated heterocycles. The highest BCUT2D eigenvalue weighted by Gasteiger charge is 2.07. The molecule has 0 bridgehead atoms. The molecule has 0 unspecified atom stereocenters. The smallest absolute Gasteiger partial charge is 0.238 e. The number of carbonyl (C=O) groups is 1. The van der Waals surface area contributed by atoms with Crippen molar-refractivity contribution in [3.05, 3.63) is 72.4 Å². The molecule has 3 N–H and O–H groups in total. The first-order valence-electron chi connectivity index (χ1n) is 9.93. The molecule has 7 nitrogen and oxygen atoms in total. The molecule has 3 rings (SSSR count). The van der Waals surface area contributed by atoms with E-state index in [0.717, 1.165) is 23.7 Å². The molecule has 1 atom stereocenters. The van der Waals surface area contributed by atoms with Gasteiger partial charge in [-0.1, -0.05) is 43.3 Å². The van der Waals surface area contributed by atoms with E-state index in [1.165, 1.54) is 5.56 Å². The highest BCUT2D eigenvalue weighted by Crippen LogP contribution is 2.20. The predicted molar refractivity (Wildman–Crippen MR) is 122 cm³/mol. The lowest BCUT2D eigenvalue weighted by Crippen LogP contribution is -2.27. The first kappa shape index (κ1) is 21.3. The van der Waals surface area contributed by atoms with E-state index in [4.69, 9.17) is 0 Å². The Hall–Kier alpha value is -3.45. The van der Waals surface area contributed by atoms with Gasteiger partial charge in [0.15, 0.2) is 0 Å². The lowest BCUT2D eigenvalue weighted by atomic mass is 10.0. The Bertz CT molecular complexity index is 961. The molecular formula is C23H28N6O. The Morgan fingerprint density at radius 3 is 2.57 bits per heavy atom. The largest absolute Gasteiger partial charge is 0.369 e. The maximum atomic E-state index is 12.0. The molecule has 0 aliphatic heterocycles. The Kier molecular flexibility index (Phi) is 7.34. The van der Waals surface area contributed by atoms with Crippen LogP contribution in [0.5, 0.6) is 0 Å². The number of carbonyl (C=O) groups excluding carboxylic acids is 1. The van der Waals surface area contributed by atoms with Gasteiger partial charge in [-0.3, -0.25) is 4.79 Å². The topological polar surface area (TPSA) is 82.2 Å². The van der Waals surface area contributed by atoms with Gasteiger partial charge in [0.25, 0.3) is 0 Å². The number of hydrogen-bond donors (Lipinski definition) is 3. The van der Waals surface area contributed by atoms with Crippen molar-refractivity contribution >= 4 is 29.0 Å². The van der Waals surface area contributed by atoms with Crippen LogP contribution >= 0.6 is 0 Å². The zero-order valence-corrected chi connectivity index (χ0v) is 17.6. The van der Waals surface area contributed by atoms with Crippen LogP contribution in [-0.4, -0.2) is 48.0 Å². The van der Waals surface area contributed by atoms with Gasteiger partial charge in [0.2, 0.25) is 11.9 Å². The van der Waals surface area contributed by atoms with Crippen LogP contribution in [0.25, 0.3) is 0 Å². The van der Waals surface area contributed by atoms with Crippen molar-refractivity contribution in [1.82, 2.24) is 14.9 Å². The third-order valence-corrected chi connectivity index (χ3v) is 4.48. The molecule has 1 heterocycles. The lowest BCUT2D eigenvalue weighted by molar-refractivity contribution is -0.116. The van der Waals surface area contributed by atoms with E-state index in [9.17, 15) is 4.79 Å². The van der Waals surface area contributed by atoms with Crippen molar-refractivity contribution in [2.24, 2.45) is 0 Å². The van der Waals surface area contributed by atoms with Crippen LogP contribution in [0.15, 0.2) is 66.9 Å². The van der Waals surface area contributed by atoms with Crippen LogP contribution in [0.4, 0.5) is 23.1 Å². The van der Waals surface area contributed by atoms with Crippen molar-refractivity contribution in [2.45, 2.75) is 12.8 Å². The molecule has 1 aromatic heterocycles. The molecule has 0 aliphatic rings. The maximum absolute atomic E-state index is 12.0. The second kappa shape index (κ2) is 10.4. The normalized spacial score (nSPS) is 11.7. The average Bonchev–Trinajstić information content (AvgIpc) is 2.72. The zero-order chi connectivity index (χ0) is 21.3. The van der Waals surface area contributed by atoms with Gasteiger partial charge in [0, 0.05) is 24.1 Å². The maximum Gasteiger partial charge on any atom is 0.238 e. The van der Waals surface area contributed by atoms with Crippen molar-refractivity contribution in [3.63, 3.8) is 0 Å². The first-order chi connectivity index (χ1) is 14.5. The van der Waals surface area contributed by atoms with E-state index < -0.39 is 0 Å². The molecule has 3 aromatic rings. The Morgan fingerprint density at radius 2 is 1.80 bits per heavy atom. The number of aromatic nitrogens is 2. The van der Waals surface area contributed by atoms with E-state index in [-0.39, 0.29) is 5.91 Å². The average molecular weight is 405 g/mol. The van der Waals surface area contributed by atoms with Gasteiger partial charge in [0.1, 0.15) is 5.82 Å². The van der Waals surface area contributed by atoms with E-state index >= 15 is 0 Å². The zero-order valence-electron chi connectivity index (χ0n) is 17.6. The molecule has 7 heteroatoms. The molecule has 1 amide bonds. The number of amides is 1. The lowest BCUT2D eigenvalue weighted by Gasteiger charge is -2.14. The Labute approximate surface area is 177 Å². The summed E-state index contributed by atoms with van der Waals surface area (Å²) in [7, 11) is 3.72. The molecule has 0 spiro atoms. The number of hydrogen-bond acceptors (Lipinski definition) is 6. The molecule has 156 valence electrons. The van der Waals surface area contributed by atoms with E-state index in [1.807, 2.05) is 55.4 Å². The van der Waals surface area contributed by atoms with Crippen LogP contribution in [0.2, 0.25) is 0 Å². The fraction of sp³-hybridized carbons (Fsp3) is 0.261. The van der Waals surface area contributed by atoms with Gasteiger partial charge >= 0.3 is 0 Å². The highest BCUT2D eigenvalue weighted by molar-refractivity contribution is 5.92. The number of anilines is 4. The Morgan fingerprint density at radius 1 is 1.03 bits per heavy atom. The third-order valence-electron chi connectivity index (χ3n) is 4.48. The standard InChI is InChI=1S/C23H28N6O/c1-17(18-8-5-4-6-9-18)15-25-21-12-13-24-23(28-21)27-20-11-7-10-19(14-20)26-22(30)16-29(2)3/h4-14,17H,15-16H2,1-3H3,(H,26,30)(H2,24,25,27,28)/t17-/m1/s1. The summed E-state index contributed by atoms with van der Waals surface area (Å²) in [6, 6.07) is 19.7. The quantitative estimate of drug-likeness (QED) is 0.501. The second-order valence-electron chi connectivity index (χ2n) is 7.45. The molecular weight excluding hydrogens is 376 g/mol. The number of rotatable bonds is 9. The van der Waals surface area contributed by atoms with E-state index in [2.05, 4.69) is 57.1 Å². The van der Waals surface area contributed by atoms with E-state index in [0.29, 0.717) is 18.4 Å². The van der Waals surface area contributed by atoms with Crippen LogP contribution in [0.1, 0.15) is 18.4 Å². The van der Waals surface area contributed by atoms with Gasteiger partial charge in [-0.05, 0) is 49.8 Å². The minimum absolute atomic E-state index is 0.0628. The van der Waals surface area contributed by atoms with Crippen LogP contribution in [-0.2, 0) is 4.79 Å². The third kappa shape index (κ3) is 6.56. The summed E-state index contributed by atoms with van der Waals surface area (Å²) < 4.78 is 0. The van der Waals surface area contributed by atoms with E-state index in [1.54, 1.807) is 6.20 Å². The molecule has 30 heavy (non-hydrogen) atoms. The molecule has 0 saturated carbocycles. The summed E-state index contributed by atoms with van der Waals surface area (Å²) in [4.78, 5) is 22.6. The van der Waals surface area contributed by atoms with Gasteiger partial charge in [-0.25, -0.2) is 4.98 Å². The number of nitrogens with one attached hydrogen (secondary N) is 3. The molecule has 0 aliphatic carbocycles. The van der Waals surface area contributed by atoms with Gasteiger partial charge in [0.05, 0.1) is 6.54 Å². The summed E-state index contributed by atoms with van der Waals surface area (Å²) in [5, 5.41) is 9.45. The number of nitrogens with zero attached hydrogens (tertiary/aromatic N) is 3. The summed E-state index contributed by atoms with van der Waals surface area (Å²) >= 11 is 0. The minimum Gasteiger partial charge on any atom is -0.369 e. The van der Waals surface area contributed by atoms with Gasteiger partial charge in [-0.2, -0.15) is 4.98 Å². The predicted octanol–water partition coefficient (Wildman–Crippen LogP) is 3.94. The Balaban J connectivity index is 1.60. The first-order valence-corrected chi connectivity index (χ1v) is 9.93.